The number of methoxy groups -OCH3 is 1. The lowest BCUT2D eigenvalue weighted by Crippen LogP contribution is -2.54. The second-order valence-corrected chi connectivity index (χ2v) is 5.82. The van der Waals surface area contributed by atoms with Crippen molar-refractivity contribution in [3.05, 3.63) is 0 Å². The summed E-state index contributed by atoms with van der Waals surface area (Å²) in [7, 11) is 1.67. The number of hydrogen-bond acceptors (Lipinski definition) is 3. The fourth-order valence-corrected chi connectivity index (χ4v) is 2.39. The first-order valence-electron chi connectivity index (χ1n) is 7.32. The molecule has 5 heteroatoms. The Morgan fingerprint density at radius 2 is 1.89 bits per heavy atom. The van der Waals surface area contributed by atoms with E-state index in [9.17, 15) is 4.79 Å². The van der Waals surface area contributed by atoms with Gasteiger partial charge in [-0.05, 0) is 46.2 Å². The van der Waals surface area contributed by atoms with Crippen LogP contribution in [0.4, 0.5) is 4.79 Å². The third kappa shape index (κ3) is 6.25. The molecule has 0 unspecified atom stereocenters. The summed E-state index contributed by atoms with van der Waals surface area (Å²) >= 11 is 0. The van der Waals surface area contributed by atoms with Crippen LogP contribution in [0.1, 0.15) is 39.5 Å². The smallest absolute Gasteiger partial charge is 0.314 e. The van der Waals surface area contributed by atoms with Crippen molar-refractivity contribution in [3.63, 3.8) is 0 Å². The standard InChI is InChI=1S/C14H29N3O2/c1-14(2,17-9-5-4-6-10-17)12-16-13(18)15-8-7-11-19-3/h4-12H2,1-3H3,(H2,15,16,18). The van der Waals surface area contributed by atoms with Crippen LogP contribution in [0.15, 0.2) is 0 Å². The van der Waals surface area contributed by atoms with Gasteiger partial charge < -0.3 is 15.4 Å². The van der Waals surface area contributed by atoms with Crippen molar-refractivity contribution in [3.8, 4) is 0 Å². The second kappa shape index (κ2) is 8.38. The number of ether oxygens (including phenoxy) is 1. The molecule has 0 radical (unpaired) electrons. The minimum absolute atomic E-state index is 0.0320. The van der Waals surface area contributed by atoms with Crippen LogP contribution < -0.4 is 10.6 Å². The Bertz CT molecular complexity index is 263. The van der Waals surface area contributed by atoms with Gasteiger partial charge in [0.15, 0.2) is 0 Å². The molecule has 1 saturated heterocycles. The number of amides is 2. The van der Waals surface area contributed by atoms with E-state index in [2.05, 4.69) is 29.4 Å². The highest BCUT2D eigenvalue weighted by molar-refractivity contribution is 5.73. The van der Waals surface area contributed by atoms with Crippen LogP contribution in [-0.4, -0.2) is 56.4 Å². The predicted molar refractivity (Wildman–Crippen MR) is 77.4 cm³/mol. The summed E-state index contributed by atoms with van der Waals surface area (Å²) in [4.78, 5) is 14.1. The fraction of sp³-hybridized carbons (Fsp3) is 0.929. The first-order chi connectivity index (χ1) is 9.06. The minimum Gasteiger partial charge on any atom is -0.385 e. The molecule has 0 saturated carbocycles. The van der Waals surface area contributed by atoms with Crippen molar-refractivity contribution >= 4 is 6.03 Å². The summed E-state index contributed by atoms with van der Waals surface area (Å²) in [5.74, 6) is 0. The van der Waals surface area contributed by atoms with E-state index in [0.29, 0.717) is 19.7 Å². The SMILES string of the molecule is COCCCNC(=O)NCC(C)(C)N1CCCCC1. The van der Waals surface area contributed by atoms with Crippen molar-refractivity contribution in [2.45, 2.75) is 45.1 Å². The third-order valence-electron chi connectivity index (χ3n) is 3.70. The lowest BCUT2D eigenvalue weighted by atomic mass is 9.98. The molecule has 2 N–H and O–H groups in total. The number of piperidine rings is 1. The highest BCUT2D eigenvalue weighted by Crippen LogP contribution is 2.19. The molecule has 0 aromatic carbocycles. The largest absolute Gasteiger partial charge is 0.385 e. The van der Waals surface area contributed by atoms with Gasteiger partial charge in [-0.25, -0.2) is 4.79 Å². The van der Waals surface area contributed by atoms with Crippen molar-refractivity contribution in [2.75, 3.05) is 39.9 Å². The maximum absolute atomic E-state index is 11.7. The molecular weight excluding hydrogens is 242 g/mol. The topological polar surface area (TPSA) is 53.6 Å². The van der Waals surface area contributed by atoms with Gasteiger partial charge in [-0.15, -0.1) is 0 Å². The lowest BCUT2D eigenvalue weighted by Gasteiger charge is -2.41. The van der Waals surface area contributed by atoms with Crippen LogP contribution >= 0.6 is 0 Å². The molecule has 1 aliphatic rings. The summed E-state index contributed by atoms with van der Waals surface area (Å²) in [6.07, 6.45) is 4.72. The van der Waals surface area contributed by atoms with E-state index in [-0.39, 0.29) is 11.6 Å². The van der Waals surface area contributed by atoms with E-state index in [0.717, 1.165) is 19.5 Å². The van der Waals surface area contributed by atoms with Crippen LogP contribution in [-0.2, 0) is 4.74 Å². The molecule has 0 aromatic rings. The van der Waals surface area contributed by atoms with Crippen LogP contribution in [0.5, 0.6) is 0 Å². The lowest BCUT2D eigenvalue weighted by molar-refractivity contribution is 0.0959. The zero-order valence-corrected chi connectivity index (χ0v) is 12.6. The summed E-state index contributed by atoms with van der Waals surface area (Å²) < 4.78 is 4.94. The van der Waals surface area contributed by atoms with Gasteiger partial charge in [-0.2, -0.15) is 0 Å². The molecular formula is C14H29N3O2. The Hall–Kier alpha value is -0.810. The van der Waals surface area contributed by atoms with E-state index in [1.54, 1.807) is 7.11 Å². The number of rotatable bonds is 7. The molecule has 0 spiro atoms. The molecule has 1 fully saturated rings. The van der Waals surface area contributed by atoms with Gasteiger partial charge in [-0.3, -0.25) is 4.90 Å². The average molecular weight is 271 g/mol. The molecule has 112 valence electrons. The molecule has 0 aliphatic carbocycles. The molecule has 19 heavy (non-hydrogen) atoms. The number of likely N-dealkylation sites (tertiary alicyclic amines) is 1. The van der Waals surface area contributed by atoms with Gasteiger partial charge in [0, 0.05) is 32.3 Å². The molecule has 0 atom stereocenters. The predicted octanol–water partition coefficient (Wildman–Crippen LogP) is 1.59. The summed E-state index contributed by atoms with van der Waals surface area (Å²) in [6, 6.07) is -0.0822. The highest BCUT2D eigenvalue weighted by Gasteiger charge is 2.28. The quantitative estimate of drug-likeness (QED) is 0.691. The Balaban J connectivity index is 2.20. The summed E-state index contributed by atoms with van der Waals surface area (Å²) in [5, 5.41) is 5.81. The number of hydrogen-bond donors (Lipinski definition) is 2. The Labute approximate surface area is 117 Å². The molecule has 2 amide bonds. The number of carbonyl (C=O) groups is 1. The molecule has 0 bridgehead atoms. The Morgan fingerprint density at radius 1 is 1.21 bits per heavy atom. The third-order valence-corrected chi connectivity index (χ3v) is 3.70. The minimum atomic E-state index is -0.0822. The van der Waals surface area contributed by atoms with Crippen LogP contribution in [0.25, 0.3) is 0 Å². The maximum atomic E-state index is 11.7. The van der Waals surface area contributed by atoms with Gasteiger partial charge in [0.1, 0.15) is 0 Å². The van der Waals surface area contributed by atoms with E-state index in [1.165, 1.54) is 19.3 Å². The van der Waals surface area contributed by atoms with Crippen molar-refractivity contribution < 1.29 is 9.53 Å². The summed E-state index contributed by atoms with van der Waals surface area (Å²) in [5.41, 5.74) is 0.0320. The van der Waals surface area contributed by atoms with E-state index >= 15 is 0 Å². The number of urea groups is 1. The number of nitrogens with zero attached hydrogens (tertiary/aromatic N) is 1. The van der Waals surface area contributed by atoms with Gasteiger partial charge in [0.05, 0.1) is 0 Å². The van der Waals surface area contributed by atoms with Crippen molar-refractivity contribution in [1.82, 2.24) is 15.5 Å². The molecule has 0 aromatic heterocycles. The Kier molecular flexibility index (Phi) is 7.16. The van der Waals surface area contributed by atoms with Crippen LogP contribution in [0.2, 0.25) is 0 Å². The zero-order valence-electron chi connectivity index (χ0n) is 12.6. The van der Waals surface area contributed by atoms with Gasteiger partial charge in [-0.1, -0.05) is 6.42 Å². The van der Waals surface area contributed by atoms with Crippen LogP contribution in [0.3, 0.4) is 0 Å². The van der Waals surface area contributed by atoms with Gasteiger partial charge in [0.2, 0.25) is 0 Å². The molecule has 1 heterocycles. The first kappa shape index (κ1) is 16.2. The maximum Gasteiger partial charge on any atom is 0.314 e. The Morgan fingerprint density at radius 3 is 2.53 bits per heavy atom. The molecule has 5 nitrogen and oxygen atoms in total. The highest BCUT2D eigenvalue weighted by atomic mass is 16.5. The monoisotopic (exact) mass is 271 g/mol. The van der Waals surface area contributed by atoms with E-state index in [4.69, 9.17) is 4.74 Å². The average Bonchev–Trinajstić information content (AvgIpc) is 2.42. The van der Waals surface area contributed by atoms with Crippen LogP contribution in [0, 0.1) is 0 Å². The fourth-order valence-electron chi connectivity index (χ4n) is 2.39. The zero-order chi connectivity index (χ0) is 14.1. The van der Waals surface area contributed by atoms with Crippen molar-refractivity contribution in [1.29, 1.82) is 0 Å². The van der Waals surface area contributed by atoms with E-state index < -0.39 is 0 Å². The van der Waals surface area contributed by atoms with E-state index in [1.807, 2.05) is 0 Å². The molecule has 1 rings (SSSR count). The van der Waals surface area contributed by atoms with Gasteiger partial charge >= 0.3 is 6.03 Å². The number of nitrogens with one attached hydrogen (secondary N) is 2. The normalized spacial score (nSPS) is 17.2. The van der Waals surface area contributed by atoms with Crippen molar-refractivity contribution in [2.24, 2.45) is 0 Å². The second-order valence-electron chi connectivity index (χ2n) is 5.82. The summed E-state index contributed by atoms with van der Waals surface area (Å²) in [6.45, 7) is 8.70. The first-order valence-corrected chi connectivity index (χ1v) is 7.32. The van der Waals surface area contributed by atoms with Gasteiger partial charge in [0.25, 0.3) is 0 Å². The molecule has 1 aliphatic heterocycles. The number of carbonyl (C=O) groups excluding carboxylic acids is 1.